The Balaban J connectivity index is 2.70. The van der Waals surface area contributed by atoms with Gasteiger partial charge >= 0.3 is 6.09 Å². The summed E-state index contributed by atoms with van der Waals surface area (Å²) in [5, 5.41) is 3.69. The number of carbonyl (C=O) groups excluding carboxylic acids is 1. The van der Waals surface area contributed by atoms with Crippen molar-refractivity contribution in [3.05, 3.63) is 10.4 Å². The van der Waals surface area contributed by atoms with E-state index in [0.717, 1.165) is 0 Å². The molecule has 1 aliphatic heterocycles. The number of rotatable bonds is 4. The molecular weight excluding hydrogens is 248 g/mol. The van der Waals surface area contributed by atoms with E-state index in [9.17, 15) is 4.79 Å². The number of amides is 1. The highest BCUT2D eigenvalue weighted by molar-refractivity contribution is 5.69. The lowest BCUT2D eigenvalue weighted by Crippen LogP contribution is -2.42. The maximum atomic E-state index is 12.1. The third kappa shape index (κ3) is 4.96. The van der Waals surface area contributed by atoms with Crippen LogP contribution in [0, 0.1) is 0 Å². The molecule has 19 heavy (non-hydrogen) atoms. The van der Waals surface area contributed by atoms with Crippen LogP contribution in [0.5, 0.6) is 0 Å². The Morgan fingerprint density at radius 2 is 2.21 bits per heavy atom. The number of carbonyl (C=O) groups is 1. The lowest BCUT2D eigenvalue weighted by Gasteiger charge is -2.28. The molecule has 0 N–H and O–H groups in total. The van der Waals surface area contributed by atoms with Crippen LogP contribution in [-0.4, -0.2) is 48.4 Å². The number of azide groups is 1. The third-order valence-corrected chi connectivity index (χ3v) is 2.75. The Morgan fingerprint density at radius 3 is 2.74 bits per heavy atom. The fourth-order valence-corrected chi connectivity index (χ4v) is 2.00. The molecule has 7 nitrogen and oxygen atoms in total. The van der Waals surface area contributed by atoms with Gasteiger partial charge in [0.25, 0.3) is 0 Å². The lowest BCUT2D eigenvalue weighted by atomic mass is 10.2. The van der Waals surface area contributed by atoms with Crippen LogP contribution in [0.4, 0.5) is 4.79 Å². The molecule has 1 fully saturated rings. The van der Waals surface area contributed by atoms with Gasteiger partial charge in [-0.1, -0.05) is 5.11 Å². The molecule has 0 bridgehead atoms. The molecule has 0 aromatic rings. The van der Waals surface area contributed by atoms with E-state index in [1.54, 1.807) is 4.90 Å². The van der Waals surface area contributed by atoms with Crippen molar-refractivity contribution in [3.8, 4) is 0 Å². The van der Waals surface area contributed by atoms with Crippen LogP contribution in [0.2, 0.25) is 0 Å². The topological polar surface area (TPSA) is 87.5 Å². The molecule has 0 aromatic carbocycles. The van der Waals surface area contributed by atoms with Gasteiger partial charge in [-0.05, 0) is 39.6 Å². The van der Waals surface area contributed by atoms with Crippen LogP contribution < -0.4 is 0 Å². The molecule has 7 heteroatoms. The summed E-state index contributed by atoms with van der Waals surface area (Å²) in [5.41, 5.74) is 7.95. The second-order valence-electron chi connectivity index (χ2n) is 5.54. The van der Waals surface area contributed by atoms with Gasteiger partial charge in [-0.3, -0.25) is 0 Å². The van der Waals surface area contributed by atoms with E-state index in [4.69, 9.17) is 15.0 Å². The third-order valence-electron chi connectivity index (χ3n) is 2.75. The van der Waals surface area contributed by atoms with E-state index in [1.165, 1.54) is 0 Å². The highest BCUT2D eigenvalue weighted by Gasteiger charge is 2.37. The van der Waals surface area contributed by atoms with Gasteiger partial charge in [0, 0.05) is 18.1 Å². The van der Waals surface area contributed by atoms with E-state index in [-0.39, 0.29) is 18.2 Å². The summed E-state index contributed by atoms with van der Waals surface area (Å²) in [5.74, 6) is 0. The molecule has 0 aliphatic carbocycles. The first-order valence-corrected chi connectivity index (χ1v) is 6.49. The van der Waals surface area contributed by atoms with Crippen molar-refractivity contribution in [3.63, 3.8) is 0 Å². The van der Waals surface area contributed by atoms with Gasteiger partial charge < -0.3 is 14.4 Å². The minimum atomic E-state index is -0.538. The quantitative estimate of drug-likeness (QED) is 0.447. The maximum absolute atomic E-state index is 12.1. The maximum Gasteiger partial charge on any atom is 0.410 e. The van der Waals surface area contributed by atoms with Crippen molar-refractivity contribution in [1.82, 2.24) is 4.90 Å². The molecule has 0 spiro atoms. The number of nitrogens with zero attached hydrogens (tertiary/aromatic N) is 4. The molecule has 0 aromatic heterocycles. The first-order valence-electron chi connectivity index (χ1n) is 6.49. The normalized spacial score (nSPS) is 23.1. The molecule has 108 valence electrons. The zero-order chi connectivity index (χ0) is 14.5. The molecule has 0 saturated carbocycles. The minimum Gasteiger partial charge on any atom is -0.444 e. The number of ether oxygens (including phenoxy) is 2. The first kappa shape index (κ1) is 15.6. The van der Waals surface area contributed by atoms with Crippen molar-refractivity contribution >= 4 is 6.09 Å². The van der Waals surface area contributed by atoms with E-state index in [2.05, 4.69) is 10.0 Å². The van der Waals surface area contributed by atoms with Crippen molar-refractivity contribution < 1.29 is 14.3 Å². The molecular formula is C12H22N4O3. The summed E-state index contributed by atoms with van der Waals surface area (Å²) in [6.07, 6.45) is 0.233. The first-order chi connectivity index (χ1) is 8.87. The van der Waals surface area contributed by atoms with Crippen LogP contribution >= 0.6 is 0 Å². The zero-order valence-electron chi connectivity index (χ0n) is 12.0. The van der Waals surface area contributed by atoms with E-state index in [0.29, 0.717) is 26.2 Å². The molecule has 1 amide bonds. The average Bonchev–Trinajstić information content (AvgIpc) is 2.68. The fourth-order valence-electron chi connectivity index (χ4n) is 2.00. The fraction of sp³-hybridized carbons (Fsp3) is 0.917. The summed E-state index contributed by atoms with van der Waals surface area (Å²) in [6.45, 7) is 8.78. The van der Waals surface area contributed by atoms with Crippen molar-refractivity contribution in [2.45, 2.75) is 51.8 Å². The number of hydrogen-bond donors (Lipinski definition) is 0. The zero-order valence-corrected chi connectivity index (χ0v) is 12.0. The van der Waals surface area contributed by atoms with Crippen molar-refractivity contribution in [1.29, 1.82) is 0 Å². The second-order valence-corrected chi connectivity index (χ2v) is 5.54. The Hall–Kier alpha value is -1.46. The van der Waals surface area contributed by atoms with Crippen LogP contribution in [0.15, 0.2) is 5.11 Å². The smallest absolute Gasteiger partial charge is 0.410 e. The SMILES string of the molecule is CCOC[C@@H]1C[C@@H](N=[N+]=[N-])CN1C(=O)OC(C)(C)C. The van der Waals surface area contributed by atoms with Gasteiger partial charge in [-0.15, -0.1) is 0 Å². The van der Waals surface area contributed by atoms with Gasteiger partial charge in [0.2, 0.25) is 0 Å². The van der Waals surface area contributed by atoms with Gasteiger partial charge in [0.05, 0.1) is 18.7 Å². The number of likely N-dealkylation sites (tertiary alicyclic amines) is 1. The summed E-state index contributed by atoms with van der Waals surface area (Å²) in [4.78, 5) is 16.5. The molecule has 1 heterocycles. The van der Waals surface area contributed by atoms with Crippen LogP contribution in [0.1, 0.15) is 34.1 Å². The Labute approximate surface area is 113 Å². The summed E-state index contributed by atoms with van der Waals surface area (Å²) < 4.78 is 10.7. The van der Waals surface area contributed by atoms with E-state index in [1.807, 2.05) is 27.7 Å². The number of hydrogen-bond acceptors (Lipinski definition) is 4. The van der Waals surface area contributed by atoms with Crippen LogP contribution in [0.3, 0.4) is 0 Å². The predicted molar refractivity (Wildman–Crippen MR) is 70.8 cm³/mol. The lowest BCUT2D eigenvalue weighted by molar-refractivity contribution is 0.0116. The van der Waals surface area contributed by atoms with Crippen molar-refractivity contribution in [2.24, 2.45) is 5.11 Å². The minimum absolute atomic E-state index is 0.0923. The Kier molecular flexibility index (Phi) is 5.44. The monoisotopic (exact) mass is 270 g/mol. The molecule has 2 atom stereocenters. The second kappa shape index (κ2) is 6.63. The molecule has 0 radical (unpaired) electrons. The predicted octanol–water partition coefficient (Wildman–Crippen LogP) is 2.71. The largest absolute Gasteiger partial charge is 0.444 e. The average molecular weight is 270 g/mol. The van der Waals surface area contributed by atoms with Crippen LogP contribution in [-0.2, 0) is 9.47 Å². The van der Waals surface area contributed by atoms with Crippen LogP contribution in [0.25, 0.3) is 10.4 Å². The molecule has 1 aliphatic rings. The van der Waals surface area contributed by atoms with Gasteiger partial charge in [-0.2, -0.15) is 0 Å². The molecule has 1 rings (SSSR count). The van der Waals surface area contributed by atoms with Crippen molar-refractivity contribution in [2.75, 3.05) is 19.8 Å². The Morgan fingerprint density at radius 1 is 1.53 bits per heavy atom. The molecule has 0 unspecified atom stereocenters. The summed E-state index contributed by atoms with van der Waals surface area (Å²) >= 11 is 0. The van der Waals surface area contributed by atoms with Gasteiger partial charge in [0.15, 0.2) is 0 Å². The van der Waals surface area contributed by atoms with Gasteiger partial charge in [-0.25, -0.2) is 4.79 Å². The summed E-state index contributed by atoms with van der Waals surface area (Å²) in [6, 6.07) is -0.298. The Bertz CT molecular complexity index is 360. The molecule has 1 saturated heterocycles. The highest BCUT2D eigenvalue weighted by atomic mass is 16.6. The van der Waals surface area contributed by atoms with Gasteiger partial charge in [0.1, 0.15) is 5.60 Å². The van der Waals surface area contributed by atoms with E-state index >= 15 is 0 Å². The standard InChI is InChI=1S/C12H22N4O3/c1-5-18-8-10-6-9(14-15-13)7-16(10)11(17)19-12(2,3)4/h9-10H,5-8H2,1-4H3/t9-,10+/m1/s1. The van der Waals surface area contributed by atoms with E-state index < -0.39 is 5.60 Å². The highest BCUT2D eigenvalue weighted by Crippen LogP contribution is 2.23. The summed E-state index contributed by atoms with van der Waals surface area (Å²) in [7, 11) is 0.